The lowest BCUT2D eigenvalue weighted by atomic mass is 10.1. The number of hydrogen-bond acceptors (Lipinski definition) is 3. The fraction of sp³-hybridized carbons (Fsp3) is 0.909. The van der Waals surface area contributed by atoms with Gasteiger partial charge in [-0.1, -0.05) is 27.2 Å². The van der Waals surface area contributed by atoms with Crippen molar-refractivity contribution >= 4 is 15.6 Å². The van der Waals surface area contributed by atoms with E-state index in [2.05, 4.69) is 0 Å². The lowest BCUT2D eigenvalue weighted by Gasteiger charge is -2.17. The summed E-state index contributed by atoms with van der Waals surface area (Å²) in [6.45, 7) is 5.68. The summed E-state index contributed by atoms with van der Waals surface area (Å²) in [7, 11) is -3.07. The van der Waals surface area contributed by atoms with Crippen LogP contribution in [0.2, 0.25) is 0 Å². The molecule has 88 valence electrons. The zero-order chi connectivity index (χ0) is 11.6. The Balaban J connectivity index is 2.74. The van der Waals surface area contributed by atoms with Crippen LogP contribution >= 0.6 is 0 Å². The maximum atomic E-state index is 12.0. The molecule has 1 saturated carbocycles. The van der Waals surface area contributed by atoms with Gasteiger partial charge in [0.1, 0.15) is 5.78 Å². The average Bonchev–Trinajstić information content (AvgIpc) is 2.47. The predicted octanol–water partition coefficient (Wildman–Crippen LogP) is 1.81. The van der Waals surface area contributed by atoms with Crippen LogP contribution in [0.5, 0.6) is 0 Å². The first-order chi connectivity index (χ1) is 6.88. The van der Waals surface area contributed by atoms with Crippen molar-refractivity contribution in [3.63, 3.8) is 0 Å². The van der Waals surface area contributed by atoms with Crippen molar-refractivity contribution in [2.75, 3.05) is 5.75 Å². The third-order valence-corrected chi connectivity index (χ3v) is 6.02. The molecular weight excluding hydrogens is 212 g/mol. The van der Waals surface area contributed by atoms with Crippen LogP contribution in [0.3, 0.4) is 0 Å². The van der Waals surface area contributed by atoms with Crippen LogP contribution in [0.15, 0.2) is 0 Å². The molecule has 3 nitrogen and oxygen atoms in total. The van der Waals surface area contributed by atoms with Crippen molar-refractivity contribution in [2.45, 2.75) is 45.3 Å². The normalized spacial score (nSPS) is 29.4. The fourth-order valence-electron chi connectivity index (χ4n) is 2.10. The Hall–Kier alpha value is -0.380. The maximum Gasteiger partial charge on any atom is 0.154 e. The molecule has 0 aliphatic heterocycles. The van der Waals surface area contributed by atoms with E-state index in [1.165, 1.54) is 0 Å². The zero-order valence-corrected chi connectivity index (χ0v) is 10.5. The van der Waals surface area contributed by atoms with Gasteiger partial charge in [-0.25, -0.2) is 8.42 Å². The van der Waals surface area contributed by atoms with Crippen LogP contribution in [0, 0.1) is 11.8 Å². The third-order valence-electron chi connectivity index (χ3n) is 3.42. The summed E-state index contributed by atoms with van der Waals surface area (Å²) in [5.41, 5.74) is 0. The number of Topliss-reactive ketones (excluding diaryl/α,β-unsaturated/α-hetero) is 1. The lowest BCUT2D eigenvalue weighted by Crippen LogP contribution is -2.30. The third kappa shape index (κ3) is 2.80. The summed E-state index contributed by atoms with van der Waals surface area (Å²) in [5.74, 6) is 0.232. The highest BCUT2D eigenvalue weighted by Gasteiger charge is 2.39. The Labute approximate surface area is 92.2 Å². The highest BCUT2D eigenvalue weighted by molar-refractivity contribution is 7.92. The molecule has 0 N–H and O–H groups in total. The van der Waals surface area contributed by atoms with Crippen molar-refractivity contribution < 1.29 is 13.2 Å². The monoisotopic (exact) mass is 232 g/mol. The number of ketones is 1. The van der Waals surface area contributed by atoms with E-state index in [0.717, 1.165) is 6.42 Å². The first kappa shape index (κ1) is 12.7. The highest BCUT2D eigenvalue weighted by Crippen LogP contribution is 2.29. The standard InChI is InChI=1S/C11H20O3S/c1-4-8(2)7-15(13,14)11-6-5-10(12)9(11)3/h8-9,11H,4-7H2,1-3H3. The van der Waals surface area contributed by atoms with E-state index in [0.29, 0.717) is 12.8 Å². The van der Waals surface area contributed by atoms with Gasteiger partial charge in [0.05, 0.1) is 11.0 Å². The van der Waals surface area contributed by atoms with Gasteiger partial charge in [-0.2, -0.15) is 0 Å². The second-order valence-corrected chi connectivity index (χ2v) is 6.94. The second-order valence-electron chi connectivity index (χ2n) is 4.68. The molecule has 0 spiro atoms. The number of carbonyl (C=O) groups excluding carboxylic acids is 1. The van der Waals surface area contributed by atoms with Gasteiger partial charge < -0.3 is 0 Å². The van der Waals surface area contributed by atoms with Crippen molar-refractivity contribution in [1.29, 1.82) is 0 Å². The van der Waals surface area contributed by atoms with Crippen LogP contribution in [0.1, 0.15) is 40.0 Å². The molecule has 3 unspecified atom stereocenters. The molecule has 1 aliphatic rings. The molecule has 0 saturated heterocycles. The molecule has 0 radical (unpaired) electrons. The first-order valence-corrected chi connectivity index (χ1v) is 7.34. The van der Waals surface area contributed by atoms with Crippen LogP contribution < -0.4 is 0 Å². The quantitative estimate of drug-likeness (QED) is 0.743. The van der Waals surface area contributed by atoms with E-state index in [-0.39, 0.29) is 23.4 Å². The summed E-state index contributed by atoms with van der Waals surface area (Å²) in [4.78, 5) is 11.3. The number of sulfone groups is 1. The van der Waals surface area contributed by atoms with Gasteiger partial charge in [0, 0.05) is 12.3 Å². The highest BCUT2D eigenvalue weighted by atomic mass is 32.2. The van der Waals surface area contributed by atoms with E-state index in [4.69, 9.17) is 0 Å². The van der Waals surface area contributed by atoms with Crippen molar-refractivity contribution in [2.24, 2.45) is 11.8 Å². The van der Waals surface area contributed by atoms with Crippen LogP contribution in [-0.4, -0.2) is 25.2 Å². The molecule has 0 amide bonds. The van der Waals surface area contributed by atoms with Gasteiger partial charge >= 0.3 is 0 Å². The minimum Gasteiger partial charge on any atom is -0.299 e. The second kappa shape index (κ2) is 4.64. The Morgan fingerprint density at radius 3 is 2.47 bits per heavy atom. The molecule has 1 rings (SSSR count). The van der Waals surface area contributed by atoms with Gasteiger partial charge in [0.25, 0.3) is 0 Å². The van der Waals surface area contributed by atoms with Crippen molar-refractivity contribution in [3.8, 4) is 0 Å². The SMILES string of the molecule is CCC(C)CS(=O)(=O)C1CCC(=O)C1C. The van der Waals surface area contributed by atoms with Gasteiger partial charge in [0.2, 0.25) is 0 Å². The molecule has 0 heterocycles. The molecule has 1 aliphatic carbocycles. The topological polar surface area (TPSA) is 51.2 Å². The average molecular weight is 232 g/mol. The molecule has 0 bridgehead atoms. The Morgan fingerprint density at radius 1 is 1.47 bits per heavy atom. The van der Waals surface area contributed by atoms with Crippen molar-refractivity contribution in [1.82, 2.24) is 0 Å². The molecule has 0 aromatic heterocycles. The molecule has 1 fully saturated rings. The number of carbonyl (C=O) groups is 1. The van der Waals surface area contributed by atoms with Crippen LogP contribution in [0.25, 0.3) is 0 Å². The Kier molecular flexibility index (Phi) is 3.93. The van der Waals surface area contributed by atoms with E-state index < -0.39 is 15.1 Å². The summed E-state index contributed by atoms with van der Waals surface area (Å²) in [6.07, 6.45) is 1.83. The van der Waals surface area contributed by atoms with Gasteiger partial charge in [0.15, 0.2) is 9.84 Å². The van der Waals surface area contributed by atoms with Crippen LogP contribution in [0.4, 0.5) is 0 Å². The van der Waals surface area contributed by atoms with E-state index in [1.807, 2.05) is 13.8 Å². The molecule has 0 aromatic rings. The zero-order valence-electron chi connectivity index (χ0n) is 9.69. The minimum absolute atomic E-state index is 0.104. The number of rotatable bonds is 4. The fourth-order valence-corrected chi connectivity index (χ4v) is 4.62. The first-order valence-electron chi connectivity index (χ1n) is 5.62. The maximum absolute atomic E-state index is 12.0. The predicted molar refractivity (Wildman–Crippen MR) is 60.4 cm³/mol. The summed E-state index contributed by atoms with van der Waals surface area (Å²) < 4.78 is 24.0. The molecular formula is C11H20O3S. The minimum atomic E-state index is -3.07. The van der Waals surface area contributed by atoms with E-state index in [9.17, 15) is 13.2 Å². The Bertz CT molecular complexity index is 332. The van der Waals surface area contributed by atoms with E-state index in [1.54, 1.807) is 6.92 Å². The largest absolute Gasteiger partial charge is 0.299 e. The lowest BCUT2D eigenvalue weighted by molar-refractivity contribution is -0.120. The van der Waals surface area contributed by atoms with Gasteiger partial charge in [-0.3, -0.25) is 4.79 Å². The molecule has 15 heavy (non-hydrogen) atoms. The summed E-state index contributed by atoms with van der Waals surface area (Å²) in [5, 5.41) is -0.418. The van der Waals surface area contributed by atoms with E-state index >= 15 is 0 Å². The summed E-state index contributed by atoms with van der Waals surface area (Å²) >= 11 is 0. The Morgan fingerprint density at radius 2 is 2.07 bits per heavy atom. The van der Waals surface area contributed by atoms with Gasteiger partial charge in [-0.15, -0.1) is 0 Å². The van der Waals surface area contributed by atoms with Gasteiger partial charge in [-0.05, 0) is 12.3 Å². The van der Waals surface area contributed by atoms with Crippen molar-refractivity contribution in [3.05, 3.63) is 0 Å². The summed E-state index contributed by atoms with van der Waals surface area (Å²) in [6, 6.07) is 0. The smallest absolute Gasteiger partial charge is 0.154 e. The molecule has 4 heteroatoms. The molecule has 3 atom stereocenters. The number of hydrogen-bond donors (Lipinski definition) is 0. The van der Waals surface area contributed by atoms with Crippen LogP contribution in [-0.2, 0) is 14.6 Å². The molecule has 0 aromatic carbocycles.